The van der Waals surface area contributed by atoms with Crippen molar-refractivity contribution in [2.75, 3.05) is 0 Å². The molecule has 0 saturated heterocycles. The van der Waals surface area contributed by atoms with Gasteiger partial charge in [0.2, 0.25) is 0 Å². The number of aliphatic hydroxyl groups is 1. The van der Waals surface area contributed by atoms with E-state index in [0.29, 0.717) is 12.6 Å². The molecule has 19 heavy (non-hydrogen) atoms. The fraction of sp³-hybridized carbons (Fsp3) is 0.500. The lowest BCUT2D eigenvalue weighted by Crippen LogP contribution is -2.39. The van der Waals surface area contributed by atoms with Gasteiger partial charge in [-0.25, -0.2) is 4.79 Å². The Morgan fingerprint density at radius 1 is 1.47 bits per heavy atom. The summed E-state index contributed by atoms with van der Waals surface area (Å²) in [4.78, 5) is 14.8. The second kappa shape index (κ2) is 4.51. The van der Waals surface area contributed by atoms with E-state index in [2.05, 4.69) is 24.1 Å². The highest BCUT2D eigenvalue weighted by Gasteiger charge is 2.28. The molecule has 1 aromatic heterocycles. The van der Waals surface area contributed by atoms with Crippen LogP contribution in [0.25, 0.3) is 11.0 Å². The fourth-order valence-electron chi connectivity index (χ4n) is 2.95. The number of aromatic nitrogens is 2. The van der Waals surface area contributed by atoms with Gasteiger partial charge < -0.3 is 15.4 Å². The number of aromatic amines is 1. The topological polar surface area (TPSA) is 70.0 Å². The van der Waals surface area contributed by atoms with E-state index in [-0.39, 0.29) is 11.7 Å². The number of para-hydroxylation sites is 1. The third-order valence-corrected chi connectivity index (χ3v) is 3.73. The lowest BCUT2D eigenvalue weighted by atomic mass is 9.99. The number of benzene rings is 1. The van der Waals surface area contributed by atoms with Crippen molar-refractivity contribution in [1.29, 1.82) is 0 Å². The minimum atomic E-state index is -0.588. The smallest absolute Gasteiger partial charge is 0.326 e. The Labute approximate surface area is 111 Å². The molecule has 1 aliphatic heterocycles. The van der Waals surface area contributed by atoms with Gasteiger partial charge in [-0.15, -0.1) is 0 Å². The van der Waals surface area contributed by atoms with Gasteiger partial charge in [0.05, 0.1) is 17.1 Å². The summed E-state index contributed by atoms with van der Waals surface area (Å²) in [5.74, 6) is 0. The maximum Gasteiger partial charge on any atom is 0.326 e. The first-order chi connectivity index (χ1) is 9.08. The molecular weight excluding hydrogens is 242 g/mol. The van der Waals surface area contributed by atoms with Gasteiger partial charge in [0.1, 0.15) is 0 Å². The van der Waals surface area contributed by atoms with Crippen molar-refractivity contribution in [3.8, 4) is 0 Å². The Morgan fingerprint density at radius 3 is 3.00 bits per heavy atom. The molecule has 0 amide bonds. The predicted octanol–water partition coefficient (Wildman–Crippen LogP) is 1.13. The predicted molar refractivity (Wildman–Crippen MR) is 74.2 cm³/mol. The molecule has 5 nitrogen and oxygen atoms in total. The Morgan fingerprint density at radius 2 is 2.26 bits per heavy atom. The highest BCUT2D eigenvalue weighted by Crippen LogP contribution is 2.29. The maximum atomic E-state index is 11.9. The molecule has 5 heteroatoms. The fourth-order valence-corrected chi connectivity index (χ4v) is 2.95. The molecule has 3 rings (SSSR count). The number of aliphatic hydroxyl groups excluding tert-OH is 1. The van der Waals surface area contributed by atoms with Gasteiger partial charge in [-0.05, 0) is 12.5 Å². The molecular formula is C14H19N3O2. The molecule has 1 aliphatic rings. The zero-order chi connectivity index (χ0) is 13.6. The summed E-state index contributed by atoms with van der Waals surface area (Å²) in [6, 6.07) is 5.93. The molecule has 0 saturated carbocycles. The number of aryl methyl sites for hydroxylation is 1. The molecule has 102 valence electrons. The van der Waals surface area contributed by atoms with Gasteiger partial charge in [0.25, 0.3) is 0 Å². The van der Waals surface area contributed by atoms with E-state index in [1.165, 1.54) is 0 Å². The van der Waals surface area contributed by atoms with Crippen molar-refractivity contribution in [1.82, 2.24) is 14.9 Å². The monoisotopic (exact) mass is 261 g/mol. The summed E-state index contributed by atoms with van der Waals surface area (Å²) < 4.78 is 1.73. The number of imidazole rings is 1. The van der Waals surface area contributed by atoms with E-state index in [0.717, 1.165) is 23.0 Å². The van der Waals surface area contributed by atoms with Crippen molar-refractivity contribution in [2.45, 2.75) is 45.0 Å². The van der Waals surface area contributed by atoms with Crippen LogP contribution in [0.5, 0.6) is 0 Å². The van der Waals surface area contributed by atoms with E-state index in [4.69, 9.17) is 0 Å². The quantitative estimate of drug-likeness (QED) is 0.759. The lowest BCUT2D eigenvalue weighted by molar-refractivity contribution is 0.121. The molecule has 0 aliphatic carbocycles. The minimum Gasteiger partial charge on any atom is -0.387 e. The summed E-state index contributed by atoms with van der Waals surface area (Å²) in [6.07, 6.45) is 0.149. The molecule has 3 N–H and O–H groups in total. The Bertz CT molecular complexity index is 656. The lowest BCUT2D eigenvalue weighted by Gasteiger charge is -2.24. The molecule has 0 bridgehead atoms. The van der Waals surface area contributed by atoms with Crippen LogP contribution in [-0.4, -0.2) is 26.7 Å². The summed E-state index contributed by atoms with van der Waals surface area (Å²) in [5.41, 5.74) is 2.37. The zero-order valence-corrected chi connectivity index (χ0v) is 11.2. The van der Waals surface area contributed by atoms with Crippen LogP contribution in [0.1, 0.15) is 31.9 Å². The van der Waals surface area contributed by atoms with E-state index < -0.39 is 6.10 Å². The Balaban J connectivity index is 2.14. The first-order valence-corrected chi connectivity index (χ1v) is 6.73. The second-order valence-electron chi connectivity index (χ2n) is 5.49. The standard InChI is InChI=1S/C14H19N3O2/c1-8(2)15-11-6-7-17-12-9(13(11)18)4-3-5-10(12)16-14(17)19/h3-5,8,11,13,15,18H,6-7H2,1-2H3,(H,16,19)/t11?,13-/m0/s1. The van der Waals surface area contributed by atoms with Crippen molar-refractivity contribution < 1.29 is 5.11 Å². The van der Waals surface area contributed by atoms with Crippen LogP contribution in [0.4, 0.5) is 0 Å². The Kier molecular flexibility index (Phi) is 2.95. The van der Waals surface area contributed by atoms with Crippen molar-refractivity contribution in [2.24, 2.45) is 0 Å². The number of nitrogens with one attached hydrogen (secondary N) is 2. The molecule has 0 fully saturated rings. The number of hydrogen-bond donors (Lipinski definition) is 3. The normalized spacial score (nSPS) is 22.9. The van der Waals surface area contributed by atoms with Crippen molar-refractivity contribution in [3.05, 3.63) is 34.2 Å². The number of H-pyrrole nitrogens is 1. The van der Waals surface area contributed by atoms with Gasteiger partial charge >= 0.3 is 5.69 Å². The Hall–Kier alpha value is -1.59. The largest absolute Gasteiger partial charge is 0.387 e. The maximum absolute atomic E-state index is 11.9. The van der Waals surface area contributed by atoms with Crippen LogP contribution in [0.15, 0.2) is 23.0 Å². The highest BCUT2D eigenvalue weighted by atomic mass is 16.3. The van der Waals surface area contributed by atoms with Crippen LogP contribution in [0, 0.1) is 0 Å². The summed E-state index contributed by atoms with van der Waals surface area (Å²) >= 11 is 0. The van der Waals surface area contributed by atoms with E-state index in [9.17, 15) is 9.90 Å². The van der Waals surface area contributed by atoms with Crippen LogP contribution in [0.2, 0.25) is 0 Å². The third-order valence-electron chi connectivity index (χ3n) is 3.73. The average Bonchev–Trinajstić information content (AvgIpc) is 2.61. The van der Waals surface area contributed by atoms with Gasteiger partial charge in [0, 0.05) is 24.2 Å². The first kappa shape index (κ1) is 12.4. The van der Waals surface area contributed by atoms with Crippen LogP contribution < -0.4 is 11.0 Å². The summed E-state index contributed by atoms with van der Waals surface area (Å²) in [6.45, 7) is 4.74. The zero-order valence-electron chi connectivity index (χ0n) is 11.2. The second-order valence-corrected chi connectivity index (χ2v) is 5.49. The minimum absolute atomic E-state index is 0.0232. The molecule has 2 aromatic rings. The summed E-state index contributed by atoms with van der Waals surface area (Å²) in [5, 5.41) is 14.0. The van der Waals surface area contributed by atoms with Crippen molar-refractivity contribution in [3.63, 3.8) is 0 Å². The van der Waals surface area contributed by atoms with Crippen LogP contribution >= 0.6 is 0 Å². The van der Waals surface area contributed by atoms with Gasteiger partial charge in [-0.2, -0.15) is 0 Å². The van der Waals surface area contributed by atoms with Crippen LogP contribution in [0.3, 0.4) is 0 Å². The molecule has 0 radical (unpaired) electrons. The van der Waals surface area contributed by atoms with Gasteiger partial charge in [-0.1, -0.05) is 26.0 Å². The highest BCUT2D eigenvalue weighted by molar-refractivity contribution is 5.79. The van der Waals surface area contributed by atoms with Gasteiger partial charge in [0.15, 0.2) is 0 Å². The SMILES string of the molecule is CC(C)NC1CCn2c(=O)[nH]c3cccc(c32)[C@@H]1O. The van der Waals surface area contributed by atoms with Gasteiger partial charge in [-0.3, -0.25) is 4.57 Å². The molecule has 2 atom stereocenters. The van der Waals surface area contributed by atoms with E-state index in [1.54, 1.807) is 4.57 Å². The van der Waals surface area contributed by atoms with Crippen LogP contribution in [-0.2, 0) is 6.54 Å². The number of nitrogens with zero attached hydrogens (tertiary/aromatic N) is 1. The first-order valence-electron chi connectivity index (χ1n) is 6.73. The van der Waals surface area contributed by atoms with Crippen molar-refractivity contribution >= 4 is 11.0 Å². The third kappa shape index (κ3) is 1.99. The summed E-state index contributed by atoms with van der Waals surface area (Å²) in [7, 11) is 0. The number of hydrogen-bond acceptors (Lipinski definition) is 3. The molecule has 1 unspecified atom stereocenters. The molecule has 2 heterocycles. The van der Waals surface area contributed by atoms with E-state index >= 15 is 0 Å². The molecule has 0 spiro atoms. The molecule has 1 aromatic carbocycles. The number of rotatable bonds is 2. The van der Waals surface area contributed by atoms with E-state index in [1.807, 2.05) is 18.2 Å². The average molecular weight is 261 g/mol.